The third-order valence-corrected chi connectivity index (χ3v) is 6.27. The summed E-state index contributed by atoms with van der Waals surface area (Å²) in [5, 5.41) is 0. The van der Waals surface area contributed by atoms with E-state index in [1.807, 2.05) is 47.1 Å². The van der Waals surface area contributed by atoms with Crippen LogP contribution in [0.4, 0.5) is 11.6 Å². The lowest BCUT2D eigenvalue weighted by Crippen LogP contribution is -2.39. The average molecular weight is 442 g/mol. The normalized spacial score (nSPS) is 13.7. The minimum absolute atomic E-state index is 0.207. The van der Waals surface area contributed by atoms with E-state index in [1.54, 1.807) is 7.05 Å². The van der Waals surface area contributed by atoms with Crippen LogP contribution in [-0.4, -0.2) is 25.2 Å². The highest BCUT2D eigenvalue weighted by Gasteiger charge is 2.26. The Labute approximate surface area is 191 Å². The van der Waals surface area contributed by atoms with E-state index in [0.717, 1.165) is 30.6 Å². The van der Waals surface area contributed by atoms with E-state index in [4.69, 9.17) is 4.98 Å². The standard InChI is InChI=1S/C26H27N5O2/c1-3-19-12-14-21(15-13-19)29-17-8-18-30-22-23(27-25(29)30)28(2)26(33)31(24(22)32)16-7-11-20-9-5-4-6-10-20/h4-7,9-15H,3,8,16-18H2,1-2H3. The van der Waals surface area contributed by atoms with Gasteiger partial charge in [0, 0.05) is 32.4 Å². The first-order valence-corrected chi connectivity index (χ1v) is 11.4. The smallest absolute Gasteiger partial charge is 0.312 e. The van der Waals surface area contributed by atoms with Gasteiger partial charge in [0.15, 0.2) is 11.2 Å². The zero-order valence-corrected chi connectivity index (χ0v) is 18.9. The SMILES string of the molecule is CCc1ccc(N2CCCn3c2nc2c3c(=O)n(CC=Cc3ccccc3)c(=O)n2C)cc1. The summed E-state index contributed by atoms with van der Waals surface area (Å²) in [7, 11) is 1.68. The number of anilines is 2. The van der Waals surface area contributed by atoms with Crippen LogP contribution in [0.5, 0.6) is 0 Å². The highest BCUT2D eigenvalue weighted by molar-refractivity contribution is 5.77. The third kappa shape index (κ3) is 3.69. The first kappa shape index (κ1) is 21.0. The molecule has 0 saturated heterocycles. The van der Waals surface area contributed by atoms with E-state index < -0.39 is 0 Å². The third-order valence-electron chi connectivity index (χ3n) is 6.27. The van der Waals surface area contributed by atoms with Gasteiger partial charge in [-0.2, -0.15) is 4.98 Å². The van der Waals surface area contributed by atoms with Crippen LogP contribution in [0.15, 0.2) is 70.3 Å². The Morgan fingerprint density at radius 3 is 2.48 bits per heavy atom. The van der Waals surface area contributed by atoms with Gasteiger partial charge in [-0.1, -0.05) is 61.5 Å². The van der Waals surface area contributed by atoms with Crippen molar-refractivity contribution in [2.24, 2.45) is 7.05 Å². The van der Waals surface area contributed by atoms with Crippen LogP contribution in [0.1, 0.15) is 24.5 Å². The topological polar surface area (TPSA) is 65.1 Å². The van der Waals surface area contributed by atoms with E-state index in [1.165, 1.54) is 14.7 Å². The van der Waals surface area contributed by atoms with Crippen LogP contribution < -0.4 is 16.1 Å². The number of nitrogens with zero attached hydrogens (tertiary/aromatic N) is 5. The molecule has 0 aliphatic carbocycles. The summed E-state index contributed by atoms with van der Waals surface area (Å²) >= 11 is 0. The van der Waals surface area contributed by atoms with Gasteiger partial charge in [-0.25, -0.2) is 4.79 Å². The van der Waals surface area contributed by atoms with Crippen LogP contribution in [0.25, 0.3) is 17.2 Å². The molecule has 0 unspecified atom stereocenters. The summed E-state index contributed by atoms with van der Waals surface area (Å²) in [6.07, 6.45) is 5.64. The van der Waals surface area contributed by atoms with Crippen LogP contribution >= 0.6 is 0 Å². The van der Waals surface area contributed by atoms with E-state index in [0.29, 0.717) is 23.7 Å². The van der Waals surface area contributed by atoms with Crippen LogP contribution in [-0.2, 0) is 26.6 Å². The number of hydrogen-bond donors (Lipinski definition) is 0. The number of benzene rings is 2. The average Bonchev–Trinajstić information content (AvgIpc) is 3.26. The minimum Gasteiger partial charge on any atom is -0.312 e. The maximum Gasteiger partial charge on any atom is 0.332 e. The largest absolute Gasteiger partial charge is 0.332 e. The molecule has 0 fully saturated rings. The maximum atomic E-state index is 13.4. The second kappa shape index (κ2) is 8.58. The van der Waals surface area contributed by atoms with Gasteiger partial charge in [0.1, 0.15) is 0 Å². The van der Waals surface area contributed by atoms with Gasteiger partial charge in [-0.3, -0.25) is 13.9 Å². The lowest BCUT2D eigenvalue weighted by molar-refractivity contribution is 0.598. The van der Waals surface area contributed by atoms with Gasteiger partial charge in [0.2, 0.25) is 5.95 Å². The van der Waals surface area contributed by atoms with Gasteiger partial charge in [0.05, 0.1) is 0 Å². The fraction of sp³-hybridized carbons (Fsp3) is 0.269. The molecule has 2 aromatic carbocycles. The highest BCUT2D eigenvalue weighted by Crippen LogP contribution is 2.31. The fourth-order valence-electron chi connectivity index (χ4n) is 4.44. The molecule has 168 valence electrons. The summed E-state index contributed by atoms with van der Waals surface area (Å²) < 4.78 is 4.73. The predicted octanol–water partition coefficient (Wildman–Crippen LogP) is 3.71. The van der Waals surface area contributed by atoms with Crippen LogP contribution in [0, 0.1) is 0 Å². The van der Waals surface area contributed by atoms with Crippen molar-refractivity contribution in [1.29, 1.82) is 0 Å². The molecule has 1 aliphatic rings. The zero-order chi connectivity index (χ0) is 22.9. The van der Waals surface area contributed by atoms with Crippen molar-refractivity contribution >= 4 is 28.9 Å². The Balaban J connectivity index is 1.58. The fourth-order valence-corrected chi connectivity index (χ4v) is 4.44. The second-order valence-corrected chi connectivity index (χ2v) is 8.33. The summed E-state index contributed by atoms with van der Waals surface area (Å²) in [5.41, 5.74) is 3.59. The molecule has 0 N–H and O–H groups in total. The number of rotatable bonds is 5. The number of imidazole rings is 1. The van der Waals surface area contributed by atoms with Crippen molar-refractivity contribution in [2.45, 2.75) is 32.9 Å². The van der Waals surface area contributed by atoms with Gasteiger partial charge in [-0.05, 0) is 36.1 Å². The lowest BCUT2D eigenvalue weighted by atomic mass is 10.1. The Morgan fingerprint density at radius 2 is 1.76 bits per heavy atom. The van der Waals surface area contributed by atoms with E-state index >= 15 is 0 Å². The van der Waals surface area contributed by atoms with Crippen molar-refractivity contribution < 1.29 is 0 Å². The van der Waals surface area contributed by atoms with Crippen molar-refractivity contribution in [3.8, 4) is 0 Å². The number of aryl methyl sites for hydroxylation is 3. The van der Waals surface area contributed by atoms with Gasteiger partial charge in [-0.15, -0.1) is 0 Å². The molecule has 2 aromatic heterocycles. The molecular weight excluding hydrogens is 414 g/mol. The summed E-state index contributed by atoms with van der Waals surface area (Å²) in [6, 6.07) is 18.3. The molecule has 0 saturated carbocycles. The zero-order valence-electron chi connectivity index (χ0n) is 18.9. The first-order chi connectivity index (χ1) is 16.1. The van der Waals surface area contributed by atoms with Gasteiger partial charge < -0.3 is 9.47 Å². The minimum atomic E-state index is -0.362. The van der Waals surface area contributed by atoms with Crippen molar-refractivity contribution in [2.75, 3.05) is 11.4 Å². The molecule has 33 heavy (non-hydrogen) atoms. The van der Waals surface area contributed by atoms with Gasteiger partial charge in [0.25, 0.3) is 5.56 Å². The number of fused-ring (bicyclic) bond motifs is 3. The Kier molecular flexibility index (Phi) is 5.46. The second-order valence-electron chi connectivity index (χ2n) is 8.33. The molecule has 5 rings (SSSR count). The summed E-state index contributed by atoms with van der Waals surface area (Å²) in [6.45, 7) is 3.86. The summed E-state index contributed by atoms with van der Waals surface area (Å²) in [5.74, 6) is 0.713. The molecule has 3 heterocycles. The van der Waals surface area contributed by atoms with Gasteiger partial charge >= 0.3 is 5.69 Å². The molecule has 0 radical (unpaired) electrons. The lowest BCUT2D eigenvalue weighted by Gasteiger charge is -2.29. The van der Waals surface area contributed by atoms with E-state index in [9.17, 15) is 9.59 Å². The van der Waals surface area contributed by atoms with E-state index in [2.05, 4.69) is 36.1 Å². The molecule has 7 nitrogen and oxygen atoms in total. The molecule has 7 heteroatoms. The summed E-state index contributed by atoms with van der Waals surface area (Å²) in [4.78, 5) is 33.3. The van der Waals surface area contributed by atoms with Crippen LogP contribution in [0.3, 0.4) is 0 Å². The number of allylic oxidation sites excluding steroid dienone is 1. The number of hydrogen-bond acceptors (Lipinski definition) is 4. The van der Waals surface area contributed by atoms with E-state index in [-0.39, 0.29) is 17.8 Å². The number of aromatic nitrogens is 4. The quantitative estimate of drug-likeness (QED) is 0.474. The monoisotopic (exact) mass is 441 g/mol. The predicted molar refractivity (Wildman–Crippen MR) is 132 cm³/mol. The maximum absolute atomic E-state index is 13.4. The molecule has 0 atom stereocenters. The van der Waals surface area contributed by atoms with Crippen molar-refractivity contribution in [3.63, 3.8) is 0 Å². The Bertz CT molecular complexity index is 1440. The van der Waals surface area contributed by atoms with Crippen LogP contribution in [0.2, 0.25) is 0 Å². The van der Waals surface area contributed by atoms with Crippen molar-refractivity contribution in [3.05, 3.63) is 92.6 Å². The molecule has 0 bridgehead atoms. The molecular formula is C26H27N5O2. The first-order valence-electron chi connectivity index (χ1n) is 11.4. The molecule has 0 spiro atoms. The van der Waals surface area contributed by atoms with Crippen molar-refractivity contribution in [1.82, 2.24) is 18.7 Å². The Morgan fingerprint density at radius 1 is 1.00 bits per heavy atom. The molecule has 4 aromatic rings. The molecule has 1 aliphatic heterocycles. The highest BCUT2D eigenvalue weighted by atomic mass is 16.2. The molecule has 0 amide bonds. The Hall–Kier alpha value is -3.87.